The number of carbonyl (C=O) groups excluding carboxylic acids is 1. The Bertz CT molecular complexity index is 1340. The number of nitrogen functional groups attached to an aromatic ring is 1. The second-order valence-corrected chi connectivity index (χ2v) is 10.5. The van der Waals surface area contributed by atoms with Crippen LogP contribution in [0.5, 0.6) is 0 Å². The molecule has 1 aliphatic rings. The number of anilines is 1. The predicted molar refractivity (Wildman–Crippen MR) is 135 cm³/mol. The third-order valence-corrected chi connectivity index (χ3v) is 7.56. The molecule has 1 unspecified atom stereocenters. The highest BCUT2D eigenvalue weighted by atomic mass is 35.5. The van der Waals surface area contributed by atoms with E-state index in [4.69, 9.17) is 17.3 Å². The van der Waals surface area contributed by atoms with E-state index in [1.54, 1.807) is 11.3 Å². The van der Waals surface area contributed by atoms with Crippen LogP contribution < -0.4 is 5.73 Å². The Morgan fingerprint density at radius 2 is 1.97 bits per heavy atom. The first-order valence-electron chi connectivity index (χ1n) is 11.1. The number of carbonyl (C=O) groups is 1. The highest BCUT2D eigenvalue weighted by Crippen LogP contribution is 2.31. The van der Waals surface area contributed by atoms with Crippen molar-refractivity contribution < 1.29 is 4.79 Å². The van der Waals surface area contributed by atoms with E-state index in [2.05, 4.69) is 40.8 Å². The minimum atomic E-state index is -0.147. The molecule has 0 spiro atoms. The lowest BCUT2D eigenvalue weighted by atomic mass is 9.98. The van der Waals surface area contributed by atoms with Gasteiger partial charge in [0, 0.05) is 46.2 Å². The number of aromatic nitrogens is 2. The quantitative estimate of drug-likeness (QED) is 0.438. The lowest BCUT2D eigenvalue weighted by molar-refractivity contribution is -0.145. The van der Waals surface area contributed by atoms with Crippen LogP contribution in [0.2, 0.25) is 5.02 Å². The number of amides is 1. The van der Waals surface area contributed by atoms with Gasteiger partial charge >= 0.3 is 0 Å². The van der Waals surface area contributed by atoms with Gasteiger partial charge in [-0.05, 0) is 47.2 Å². The van der Waals surface area contributed by atoms with Crippen molar-refractivity contribution in [2.75, 3.05) is 18.8 Å². The molecular formula is C25H26ClN5OS. The van der Waals surface area contributed by atoms with Gasteiger partial charge in [-0.15, -0.1) is 11.3 Å². The molecule has 0 radical (unpaired) electrons. The SMILES string of the molecule is CC(C)C1C(=O)N(Cc2ccc3c(N)ncnc3c2)CCN1Cc1cc2ccc(Cl)cc2s1. The Morgan fingerprint density at radius 1 is 1.12 bits per heavy atom. The van der Waals surface area contributed by atoms with Crippen molar-refractivity contribution in [1.29, 1.82) is 0 Å². The molecule has 5 rings (SSSR count). The zero-order chi connectivity index (χ0) is 23.1. The molecule has 1 atom stereocenters. The first-order valence-corrected chi connectivity index (χ1v) is 12.3. The number of thiophene rings is 1. The number of piperazine rings is 1. The summed E-state index contributed by atoms with van der Waals surface area (Å²) in [6.07, 6.45) is 1.47. The molecule has 8 heteroatoms. The number of fused-ring (bicyclic) bond motifs is 2. The number of halogens is 1. The zero-order valence-corrected chi connectivity index (χ0v) is 20.2. The fourth-order valence-electron chi connectivity index (χ4n) is 4.66. The molecule has 170 valence electrons. The molecule has 33 heavy (non-hydrogen) atoms. The van der Waals surface area contributed by atoms with Gasteiger partial charge in [-0.2, -0.15) is 0 Å². The molecule has 0 aliphatic carbocycles. The van der Waals surface area contributed by atoms with Gasteiger partial charge in [0.05, 0.1) is 11.6 Å². The third kappa shape index (κ3) is 4.40. The molecule has 1 fully saturated rings. The van der Waals surface area contributed by atoms with E-state index in [1.165, 1.54) is 21.3 Å². The van der Waals surface area contributed by atoms with Gasteiger partial charge in [0.15, 0.2) is 0 Å². The molecular weight excluding hydrogens is 454 g/mol. The van der Waals surface area contributed by atoms with Gasteiger partial charge in [-0.25, -0.2) is 9.97 Å². The van der Waals surface area contributed by atoms with Crippen LogP contribution in [-0.4, -0.2) is 44.8 Å². The molecule has 1 amide bonds. The molecule has 2 N–H and O–H groups in total. The fraction of sp³-hybridized carbons (Fsp3) is 0.320. The maximum atomic E-state index is 13.5. The molecule has 1 saturated heterocycles. The number of benzene rings is 2. The van der Waals surface area contributed by atoms with Gasteiger partial charge in [0.1, 0.15) is 12.1 Å². The first-order chi connectivity index (χ1) is 15.9. The highest BCUT2D eigenvalue weighted by Gasteiger charge is 2.36. The molecule has 0 bridgehead atoms. The predicted octanol–water partition coefficient (Wildman–Crippen LogP) is 4.95. The van der Waals surface area contributed by atoms with Crippen LogP contribution in [0.1, 0.15) is 24.3 Å². The lowest BCUT2D eigenvalue weighted by Gasteiger charge is -2.42. The maximum absolute atomic E-state index is 13.5. The van der Waals surface area contributed by atoms with Crippen molar-refractivity contribution >= 4 is 55.7 Å². The number of nitrogens with zero attached hydrogens (tertiary/aromatic N) is 4. The minimum absolute atomic E-state index is 0.147. The third-order valence-electron chi connectivity index (χ3n) is 6.24. The second-order valence-electron chi connectivity index (χ2n) is 8.92. The van der Waals surface area contributed by atoms with Gasteiger partial charge in [0.25, 0.3) is 0 Å². The second kappa shape index (κ2) is 8.89. The molecule has 6 nitrogen and oxygen atoms in total. The molecule has 1 aliphatic heterocycles. The summed E-state index contributed by atoms with van der Waals surface area (Å²) in [4.78, 5) is 27.5. The number of nitrogens with two attached hydrogens (primary N) is 1. The minimum Gasteiger partial charge on any atom is -0.383 e. The van der Waals surface area contributed by atoms with Crippen LogP contribution in [0.4, 0.5) is 5.82 Å². The molecule has 2 aromatic carbocycles. The summed E-state index contributed by atoms with van der Waals surface area (Å²) >= 11 is 7.91. The standard InChI is InChI=1S/C25H26ClN5OS/c1-15(2)23-25(32)31(12-16-3-6-20-21(9-16)28-14-29-24(20)27)8-7-30(23)13-19-10-17-4-5-18(26)11-22(17)33-19/h3-6,9-11,14-15,23H,7-8,12-13H2,1-2H3,(H2,27,28,29). The summed E-state index contributed by atoms with van der Waals surface area (Å²) < 4.78 is 1.18. The Balaban J connectivity index is 1.34. The van der Waals surface area contributed by atoms with Crippen LogP contribution in [0.15, 0.2) is 48.8 Å². The van der Waals surface area contributed by atoms with Crippen molar-refractivity contribution in [1.82, 2.24) is 19.8 Å². The van der Waals surface area contributed by atoms with E-state index < -0.39 is 0 Å². The van der Waals surface area contributed by atoms with Crippen molar-refractivity contribution in [3.05, 3.63) is 64.3 Å². The Kier molecular flexibility index (Phi) is 5.95. The van der Waals surface area contributed by atoms with Crippen molar-refractivity contribution in [3.8, 4) is 0 Å². The van der Waals surface area contributed by atoms with Crippen molar-refractivity contribution in [3.63, 3.8) is 0 Å². The lowest BCUT2D eigenvalue weighted by Crippen LogP contribution is -2.58. The fourth-order valence-corrected chi connectivity index (χ4v) is 6.03. The molecule has 2 aromatic heterocycles. The van der Waals surface area contributed by atoms with E-state index >= 15 is 0 Å². The summed E-state index contributed by atoms with van der Waals surface area (Å²) in [6.45, 7) is 7.12. The van der Waals surface area contributed by atoms with Crippen molar-refractivity contribution in [2.45, 2.75) is 33.0 Å². The van der Waals surface area contributed by atoms with Crippen molar-refractivity contribution in [2.24, 2.45) is 5.92 Å². The van der Waals surface area contributed by atoms with Crippen LogP contribution in [0.3, 0.4) is 0 Å². The average Bonchev–Trinajstić information content (AvgIpc) is 3.17. The Hall–Kier alpha value is -2.74. The number of rotatable bonds is 5. The van der Waals surface area contributed by atoms with Crippen LogP contribution in [0.25, 0.3) is 21.0 Å². The summed E-state index contributed by atoms with van der Waals surface area (Å²) in [7, 11) is 0. The summed E-state index contributed by atoms with van der Waals surface area (Å²) in [5.41, 5.74) is 7.80. The monoisotopic (exact) mass is 479 g/mol. The highest BCUT2D eigenvalue weighted by molar-refractivity contribution is 7.19. The molecule has 4 aromatic rings. The average molecular weight is 480 g/mol. The Morgan fingerprint density at radius 3 is 2.79 bits per heavy atom. The topological polar surface area (TPSA) is 75.3 Å². The molecule has 0 saturated carbocycles. The summed E-state index contributed by atoms with van der Waals surface area (Å²) in [6, 6.07) is 14.0. The summed E-state index contributed by atoms with van der Waals surface area (Å²) in [5.74, 6) is 0.871. The van der Waals surface area contributed by atoms with E-state index in [-0.39, 0.29) is 17.9 Å². The maximum Gasteiger partial charge on any atom is 0.240 e. The van der Waals surface area contributed by atoms with E-state index in [1.807, 2.05) is 35.2 Å². The van der Waals surface area contributed by atoms with Gasteiger partial charge in [-0.3, -0.25) is 9.69 Å². The van der Waals surface area contributed by atoms with E-state index in [0.29, 0.717) is 18.9 Å². The van der Waals surface area contributed by atoms with Crippen LogP contribution in [0, 0.1) is 5.92 Å². The largest absolute Gasteiger partial charge is 0.383 e. The normalized spacial score (nSPS) is 17.5. The first kappa shape index (κ1) is 22.1. The number of hydrogen-bond acceptors (Lipinski definition) is 6. The van der Waals surface area contributed by atoms with Gasteiger partial charge < -0.3 is 10.6 Å². The molecule has 3 heterocycles. The van der Waals surface area contributed by atoms with Crippen LogP contribution >= 0.6 is 22.9 Å². The summed E-state index contributed by atoms with van der Waals surface area (Å²) in [5, 5.41) is 2.79. The number of hydrogen-bond donors (Lipinski definition) is 1. The van der Waals surface area contributed by atoms with E-state index in [9.17, 15) is 4.79 Å². The van der Waals surface area contributed by atoms with E-state index in [0.717, 1.165) is 34.6 Å². The van der Waals surface area contributed by atoms with Gasteiger partial charge in [0.2, 0.25) is 5.91 Å². The zero-order valence-electron chi connectivity index (χ0n) is 18.7. The van der Waals surface area contributed by atoms with Gasteiger partial charge in [-0.1, -0.05) is 37.6 Å². The smallest absolute Gasteiger partial charge is 0.240 e. The van der Waals surface area contributed by atoms with Crippen LogP contribution in [-0.2, 0) is 17.9 Å². The Labute approximate surface area is 202 Å².